The minimum atomic E-state index is -0.508. The van der Waals surface area contributed by atoms with Gasteiger partial charge < -0.3 is 5.11 Å². The second kappa shape index (κ2) is 6.56. The lowest BCUT2D eigenvalue weighted by atomic mass is 9.76. The van der Waals surface area contributed by atoms with Gasteiger partial charge in [0.2, 0.25) is 0 Å². The predicted octanol–water partition coefficient (Wildman–Crippen LogP) is 4.45. The van der Waals surface area contributed by atoms with Crippen molar-refractivity contribution in [1.29, 1.82) is 0 Å². The van der Waals surface area contributed by atoms with Gasteiger partial charge in [0, 0.05) is 11.5 Å². The number of benzene rings is 1. The minimum absolute atomic E-state index is 0.496. The molecular weight excluding hydrogens is 439 g/mol. The largest absolute Gasteiger partial charge is 0.390 e. The SMILES string of the molecule is Cc1nc(I)cc(-n2ncc3cc(C)c([C@H]4CC[C@@](C)(O)CC4)cc32)n1. The van der Waals surface area contributed by atoms with Gasteiger partial charge in [-0.15, -0.1) is 0 Å². The zero-order valence-corrected chi connectivity index (χ0v) is 17.5. The Morgan fingerprint density at radius 1 is 1.15 bits per heavy atom. The molecule has 26 heavy (non-hydrogen) atoms. The highest BCUT2D eigenvalue weighted by Crippen LogP contribution is 2.40. The molecule has 1 fully saturated rings. The molecule has 0 bridgehead atoms. The molecule has 0 spiro atoms. The molecule has 3 aromatic rings. The number of hydrogen-bond donors (Lipinski definition) is 1. The first-order valence-electron chi connectivity index (χ1n) is 9.05. The van der Waals surface area contributed by atoms with Gasteiger partial charge in [0.1, 0.15) is 9.53 Å². The van der Waals surface area contributed by atoms with Crippen LogP contribution >= 0.6 is 22.6 Å². The molecule has 1 saturated carbocycles. The van der Waals surface area contributed by atoms with Crippen LogP contribution in [0.15, 0.2) is 24.4 Å². The lowest BCUT2D eigenvalue weighted by Gasteiger charge is -2.33. The maximum atomic E-state index is 10.3. The van der Waals surface area contributed by atoms with Crippen LogP contribution in [0.4, 0.5) is 0 Å². The summed E-state index contributed by atoms with van der Waals surface area (Å²) in [6.07, 6.45) is 5.67. The van der Waals surface area contributed by atoms with Crippen molar-refractivity contribution >= 4 is 33.5 Å². The van der Waals surface area contributed by atoms with E-state index in [1.54, 1.807) is 0 Å². The van der Waals surface area contributed by atoms with Gasteiger partial charge in [0.05, 0.1) is 17.3 Å². The van der Waals surface area contributed by atoms with Gasteiger partial charge in [-0.2, -0.15) is 5.10 Å². The summed E-state index contributed by atoms with van der Waals surface area (Å²) in [4.78, 5) is 8.92. The molecule has 2 aromatic heterocycles. The van der Waals surface area contributed by atoms with Crippen molar-refractivity contribution in [2.24, 2.45) is 0 Å². The van der Waals surface area contributed by atoms with Crippen molar-refractivity contribution in [3.63, 3.8) is 0 Å². The average molecular weight is 462 g/mol. The van der Waals surface area contributed by atoms with Crippen LogP contribution in [0, 0.1) is 17.5 Å². The monoisotopic (exact) mass is 462 g/mol. The number of fused-ring (bicyclic) bond motifs is 1. The zero-order valence-electron chi connectivity index (χ0n) is 15.3. The summed E-state index contributed by atoms with van der Waals surface area (Å²) in [5.74, 6) is 2.05. The van der Waals surface area contributed by atoms with E-state index in [1.165, 1.54) is 11.1 Å². The molecule has 0 atom stereocenters. The van der Waals surface area contributed by atoms with Crippen LogP contribution in [0.2, 0.25) is 0 Å². The summed E-state index contributed by atoms with van der Waals surface area (Å²) in [6.45, 7) is 6.03. The molecule has 1 N–H and O–H groups in total. The highest BCUT2D eigenvalue weighted by Gasteiger charge is 2.30. The van der Waals surface area contributed by atoms with E-state index in [9.17, 15) is 5.11 Å². The lowest BCUT2D eigenvalue weighted by molar-refractivity contribution is 0.0171. The number of halogens is 1. The Hall–Kier alpha value is -1.54. The lowest BCUT2D eigenvalue weighted by Crippen LogP contribution is -2.29. The fraction of sp³-hybridized carbons (Fsp3) is 0.450. The first-order chi connectivity index (χ1) is 12.3. The van der Waals surface area contributed by atoms with Gasteiger partial charge in [-0.1, -0.05) is 0 Å². The maximum Gasteiger partial charge on any atom is 0.158 e. The van der Waals surface area contributed by atoms with Crippen molar-refractivity contribution in [2.75, 3.05) is 0 Å². The fourth-order valence-electron chi connectivity index (χ4n) is 4.00. The Morgan fingerprint density at radius 3 is 2.58 bits per heavy atom. The second-order valence-corrected chi connectivity index (χ2v) is 8.80. The summed E-state index contributed by atoms with van der Waals surface area (Å²) in [5, 5.41) is 16.0. The van der Waals surface area contributed by atoms with E-state index in [1.807, 2.05) is 30.8 Å². The average Bonchev–Trinajstić information content (AvgIpc) is 2.96. The molecule has 136 valence electrons. The summed E-state index contributed by atoms with van der Waals surface area (Å²) >= 11 is 2.21. The number of nitrogens with zero attached hydrogens (tertiary/aromatic N) is 4. The molecule has 6 heteroatoms. The third-order valence-corrected chi connectivity index (χ3v) is 6.02. The quantitative estimate of drug-likeness (QED) is 0.452. The van der Waals surface area contributed by atoms with E-state index >= 15 is 0 Å². The molecular formula is C20H23IN4O. The molecule has 1 aliphatic carbocycles. The van der Waals surface area contributed by atoms with Gasteiger partial charge in [-0.05, 0) is 98.2 Å². The second-order valence-electron chi connectivity index (χ2n) is 7.69. The van der Waals surface area contributed by atoms with E-state index in [2.05, 4.69) is 56.7 Å². The van der Waals surface area contributed by atoms with Crippen LogP contribution in [0.1, 0.15) is 55.5 Å². The Kier molecular flexibility index (Phi) is 4.51. The molecule has 5 nitrogen and oxygen atoms in total. The number of rotatable bonds is 2. The topological polar surface area (TPSA) is 63.8 Å². The summed E-state index contributed by atoms with van der Waals surface area (Å²) in [7, 11) is 0. The van der Waals surface area contributed by atoms with Gasteiger partial charge in [0.25, 0.3) is 0 Å². The summed E-state index contributed by atoms with van der Waals surface area (Å²) < 4.78 is 2.82. The fourth-order valence-corrected chi connectivity index (χ4v) is 4.63. The standard InChI is InChI=1S/C20H23IN4O/c1-12-8-15-11-22-25(19-10-18(21)23-13(2)24-19)17(15)9-16(12)14-4-6-20(3,26)7-5-14/h8-11,14,26H,4-7H2,1-3H3/t14-,20+. The molecule has 0 unspecified atom stereocenters. The van der Waals surface area contributed by atoms with Crippen molar-refractivity contribution < 1.29 is 5.11 Å². The summed E-state index contributed by atoms with van der Waals surface area (Å²) in [5.41, 5.74) is 3.25. The Balaban J connectivity index is 1.78. The van der Waals surface area contributed by atoms with Crippen LogP contribution in [0.25, 0.3) is 16.7 Å². The molecule has 0 radical (unpaired) electrons. The van der Waals surface area contributed by atoms with Gasteiger partial charge in [-0.25, -0.2) is 14.6 Å². The molecule has 0 aliphatic heterocycles. The highest BCUT2D eigenvalue weighted by atomic mass is 127. The van der Waals surface area contributed by atoms with Crippen molar-refractivity contribution in [2.45, 2.75) is 58.0 Å². The van der Waals surface area contributed by atoms with E-state index in [4.69, 9.17) is 0 Å². The molecule has 0 saturated heterocycles. The van der Waals surface area contributed by atoms with Crippen molar-refractivity contribution in [3.8, 4) is 5.82 Å². The Bertz CT molecular complexity index is 949. The van der Waals surface area contributed by atoms with E-state index in [0.29, 0.717) is 5.92 Å². The molecule has 2 heterocycles. The molecule has 1 aliphatic rings. The number of aromatic nitrogens is 4. The van der Waals surface area contributed by atoms with E-state index < -0.39 is 5.60 Å². The van der Waals surface area contributed by atoms with Gasteiger partial charge in [0.15, 0.2) is 5.82 Å². The van der Waals surface area contributed by atoms with Crippen molar-refractivity contribution in [1.82, 2.24) is 19.7 Å². The zero-order chi connectivity index (χ0) is 18.5. The van der Waals surface area contributed by atoms with Crippen LogP contribution in [-0.2, 0) is 0 Å². The van der Waals surface area contributed by atoms with Gasteiger partial charge in [-0.3, -0.25) is 0 Å². The molecule has 4 rings (SSSR count). The van der Waals surface area contributed by atoms with Gasteiger partial charge >= 0.3 is 0 Å². The first kappa shape index (κ1) is 17.9. The molecule has 0 amide bonds. The maximum absolute atomic E-state index is 10.3. The smallest absolute Gasteiger partial charge is 0.158 e. The number of aliphatic hydroxyl groups is 1. The first-order valence-corrected chi connectivity index (χ1v) is 10.1. The highest BCUT2D eigenvalue weighted by molar-refractivity contribution is 14.1. The van der Waals surface area contributed by atoms with Crippen molar-refractivity contribution in [3.05, 3.63) is 45.0 Å². The van der Waals surface area contributed by atoms with Crippen LogP contribution in [-0.4, -0.2) is 30.5 Å². The van der Waals surface area contributed by atoms with Crippen LogP contribution < -0.4 is 0 Å². The van der Waals surface area contributed by atoms with Crippen LogP contribution in [0.5, 0.6) is 0 Å². The van der Waals surface area contributed by atoms with E-state index in [0.717, 1.165) is 51.9 Å². The minimum Gasteiger partial charge on any atom is -0.390 e. The normalized spacial score (nSPS) is 23.5. The third-order valence-electron chi connectivity index (χ3n) is 5.47. The Labute approximate surface area is 167 Å². The van der Waals surface area contributed by atoms with Crippen LogP contribution in [0.3, 0.4) is 0 Å². The third kappa shape index (κ3) is 3.36. The number of hydrogen-bond acceptors (Lipinski definition) is 4. The summed E-state index contributed by atoms with van der Waals surface area (Å²) in [6, 6.07) is 6.45. The number of aryl methyl sites for hydroxylation is 2. The molecule has 1 aromatic carbocycles. The van der Waals surface area contributed by atoms with E-state index in [-0.39, 0.29) is 0 Å². The Morgan fingerprint density at radius 2 is 1.88 bits per heavy atom. The predicted molar refractivity (Wildman–Crippen MR) is 111 cm³/mol.